The number of tetrazole rings is 1. The average molecular weight is 443 g/mol. The number of hydrogen-bond acceptors (Lipinski definition) is 9. The molecule has 1 aromatic heterocycles. The zero-order valence-electron chi connectivity index (χ0n) is 18.9. The van der Waals surface area contributed by atoms with E-state index in [1.165, 1.54) is 4.80 Å². The van der Waals surface area contributed by atoms with Crippen LogP contribution in [0.3, 0.4) is 0 Å². The number of Topliss-reactive ketones (excluding diaryl/α,β-unsaturated/α-hetero) is 1. The summed E-state index contributed by atoms with van der Waals surface area (Å²) in [7, 11) is 2.71. The SMILES string of the molecule is CCCCOC(=O)c1cccc2c1OB(O)[C@@H](CC(=O)Cc1nnn(CCN(C)C)n1)C2. The Bertz CT molecular complexity index is 935. The van der Waals surface area contributed by atoms with Crippen molar-refractivity contribution in [3.05, 3.63) is 35.2 Å². The van der Waals surface area contributed by atoms with Crippen molar-refractivity contribution in [2.75, 3.05) is 27.2 Å². The summed E-state index contributed by atoms with van der Waals surface area (Å²) in [4.78, 5) is 28.4. The number of nitrogens with zero attached hydrogens (tertiary/aromatic N) is 5. The summed E-state index contributed by atoms with van der Waals surface area (Å²) in [6.07, 6.45) is 2.28. The molecule has 1 aromatic carbocycles. The highest BCUT2D eigenvalue weighted by molar-refractivity contribution is 6.47. The second kappa shape index (κ2) is 11.2. The molecule has 1 N–H and O–H groups in total. The normalized spacial score (nSPS) is 15.4. The molecular weight excluding hydrogens is 413 g/mol. The van der Waals surface area contributed by atoms with E-state index in [-0.39, 0.29) is 18.6 Å². The van der Waals surface area contributed by atoms with Crippen LogP contribution in [-0.2, 0) is 28.9 Å². The maximum Gasteiger partial charge on any atom is 0.526 e. The Morgan fingerprint density at radius 2 is 2.19 bits per heavy atom. The van der Waals surface area contributed by atoms with Gasteiger partial charge in [-0.15, -0.1) is 10.2 Å². The first-order valence-corrected chi connectivity index (χ1v) is 10.9. The lowest BCUT2D eigenvalue weighted by Crippen LogP contribution is -2.36. The van der Waals surface area contributed by atoms with Crippen LogP contribution in [0.4, 0.5) is 0 Å². The largest absolute Gasteiger partial charge is 0.535 e. The Morgan fingerprint density at radius 1 is 1.38 bits per heavy atom. The highest BCUT2D eigenvalue weighted by Crippen LogP contribution is 2.36. The number of ether oxygens (including phenoxy) is 1. The van der Waals surface area contributed by atoms with Crippen LogP contribution in [0.2, 0.25) is 5.82 Å². The monoisotopic (exact) mass is 443 g/mol. The number of likely N-dealkylation sites (N-methyl/N-ethyl adjacent to an activating group) is 1. The van der Waals surface area contributed by atoms with E-state index in [1.54, 1.807) is 12.1 Å². The summed E-state index contributed by atoms with van der Waals surface area (Å²) in [6.45, 7) is 3.71. The molecule has 0 bridgehead atoms. The molecule has 0 fully saturated rings. The quantitative estimate of drug-likeness (QED) is 0.310. The number of hydrogen-bond donors (Lipinski definition) is 1. The molecule has 0 saturated carbocycles. The summed E-state index contributed by atoms with van der Waals surface area (Å²) in [5.74, 6) is -0.317. The lowest BCUT2D eigenvalue weighted by molar-refractivity contribution is -0.118. The third-order valence-electron chi connectivity index (χ3n) is 5.26. The number of para-hydroxylation sites is 1. The molecule has 0 spiro atoms. The van der Waals surface area contributed by atoms with Crippen LogP contribution >= 0.6 is 0 Å². The maximum absolute atomic E-state index is 12.6. The lowest BCUT2D eigenvalue weighted by Gasteiger charge is -2.28. The Morgan fingerprint density at radius 3 is 2.94 bits per heavy atom. The van der Waals surface area contributed by atoms with Gasteiger partial charge in [-0.3, -0.25) is 4.79 Å². The number of ketones is 1. The van der Waals surface area contributed by atoms with E-state index in [9.17, 15) is 14.6 Å². The molecule has 2 aromatic rings. The van der Waals surface area contributed by atoms with Crippen molar-refractivity contribution in [1.82, 2.24) is 25.1 Å². The topological polar surface area (TPSA) is 120 Å². The lowest BCUT2D eigenvalue weighted by atomic mass is 9.64. The predicted octanol–water partition coefficient (Wildman–Crippen LogP) is 1.18. The van der Waals surface area contributed by atoms with Crippen molar-refractivity contribution in [3.8, 4) is 5.75 Å². The van der Waals surface area contributed by atoms with Crippen LogP contribution in [0.25, 0.3) is 0 Å². The van der Waals surface area contributed by atoms with E-state index in [1.807, 2.05) is 32.0 Å². The van der Waals surface area contributed by atoms with Gasteiger partial charge in [0.25, 0.3) is 0 Å². The van der Waals surface area contributed by atoms with Crippen LogP contribution in [0.5, 0.6) is 5.75 Å². The van der Waals surface area contributed by atoms with Gasteiger partial charge in [-0.2, -0.15) is 4.80 Å². The second-order valence-electron chi connectivity index (χ2n) is 8.28. The zero-order valence-corrected chi connectivity index (χ0v) is 18.9. The van der Waals surface area contributed by atoms with Crippen molar-refractivity contribution >= 4 is 18.9 Å². The number of benzene rings is 1. The number of carbonyl (C=O) groups is 2. The number of carbonyl (C=O) groups excluding carboxylic acids is 2. The zero-order chi connectivity index (χ0) is 23.1. The van der Waals surface area contributed by atoms with E-state index >= 15 is 0 Å². The van der Waals surface area contributed by atoms with Crippen molar-refractivity contribution < 1.29 is 24.0 Å². The highest BCUT2D eigenvalue weighted by Gasteiger charge is 2.38. The molecule has 11 heteroatoms. The number of fused-ring (bicyclic) bond motifs is 1. The van der Waals surface area contributed by atoms with Gasteiger partial charge >= 0.3 is 13.1 Å². The van der Waals surface area contributed by atoms with E-state index < -0.39 is 18.9 Å². The first-order valence-electron chi connectivity index (χ1n) is 10.9. The second-order valence-corrected chi connectivity index (χ2v) is 8.28. The van der Waals surface area contributed by atoms with Gasteiger partial charge in [0.2, 0.25) is 0 Å². The standard InChI is InChI=1S/C21H30BN5O5/c1-4-5-11-31-21(29)18-8-6-7-15-12-16(22(30)32-20(15)18)13-17(28)14-19-23-25-27(24-19)10-9-26(2)3/h6-8,16,30H,4-5,9-14H2,1-3H3/t16-/m1/s1. The summed E-state index contributed by atoms with van der Waals surface area (Å²) >= 11 is 0. The molecular formula is C21H30BN5O5. The van der Waals surface area contributed by atoms with Gasteiger partial charge in [0.15, 0.2) is 5.82 Å². The molecule has 0 radical (unpaired) electrons. The van der Waals surface area contributed by atoms with E-state index in [0.29, 0.717) is 36.7 Å². The molecule has 0 aliphatic carbocycles. The summed E-state index contributed by atoms with van der Waals surface area (Å²) in [6, 6.07) is 5.21. The third kappa shape index (κ3) is 6.36. The molecule has 32 heavy (non-hydrogen) atoms. The van der Waals surface area contributed by atoms with Crippen LogP contribution in [-0.4, -0.2) is 76.2 Å². The van der Waals surface area contributed by atoms with Gasteiger partial charge in [-0.05, 0) is 43.8 Å². The van der Waals surface area contributed by atoms with Crippen LogP contribution in [0.15, 0.2) is 18.2 Å². The van der Waals surface area contributed by atoms with Gasteiger partial charge in [0.05, 0.1) is 19.6 Å². The molecule has 2 heterocycles. The van der Waals surface area contributed by atoms with Crippen LogP contribution < -0.4 is 4.65 Å². The van der Waals surface area contributed by atoms with Crippen molar-refractivity contribution in [2.45, 2.75) is 51.4 Å². The number of aromatic nitrogens is 4. The minimum Gasteiger partial charge on any atom is -0.535 e. The first-order chi connectivity index (χ1) is 15.4. The fourth-order valence-corrected chi connectivity index (χ4v) is 3.48. The van der Waals surface area contributed by atoms with Crippen LogP contribution in [0.1, 0.15) is 47.9 Å². The van der Waals surface area contributed by atoms with Crippen molar-refractivity contribution in [1.29, 1.82) is 0 Å². The first kappa shape index (κ1) is 23.9. The number of esters is 1. The van der Waals surface area contributed by atoms with Gasteiger partial charge in [-0.1, -0.05) is 25.5 Å². The molecule has 0 unspecified atom stereocenters. The molecule has 1 aliphatic heterocycles. The molecule has 172 valence electrons. The number of rotatable bonds is 11. The third-order valence-corrected chi connectivity index (χ3v) is 5.26. The highest BCUT2D eigenvalue weighted by atomic mass is 16.5. The average Bonchev–Trinajstić information content (AvgIpc) is 3.19. The van der Waals surface area contributed by atoms with Gasteiger partial charge in [0.1, 0.15) is 17.1 Å². The fourth-order valence-electron chi connectivity index (χ4n) is 3.48. The Hall–Kier alpha value is -2.79. The number of unbranched alkanes of at least 4 members (excludes halogenated alkanes) is 1. The smallest absolute Gasteiger partial charge is 0.526 e. The Kier molecular flexibility index (Phi) is 8.35. The van der Waals surface area contributed by atoms with Gasteiger partial charge in [0, 0.05) is 18.8 Å². The van der Waals surface area contributed by atoms with Gasteiger partial charge < -0.3 is 19.3 Å². The minimum atomic E-state index is -1.19. The molecule has 10 nitrogen and oxygen atoms in total. The Balaban J connectivity index is 1.59. The van der Waals surface area contributed by atoms with Crippen LogP contribution in [0, 0.1) is 0 Å². The summed E-state index contributed by atoms with van der Waals surface area (Å²) in [5.41, 5.74) is 1.06. The Labute approximate surface area is 188 Å². The molecule has 3 rings (SSSR count). The molecule has 1 aliphatic rings. The fraction of sp³-hybridized carbons (Fsp3) is 0.571. The maximum atomic E-state index is 12.6. The molecule has 0 amide bonds. The van der Waals surface area contributed by atoms with Crippen molar-refractivity contribution in [3.63, 3.8) is 0 Å². The van der Waals surface area contributed by atoms with Crippen molar-refractivity contribution in [2.24, 2.45) is 0 Å². The minimum absolute atomic E-state index is 0.0435. The van der Waals surface area contributed by atoms with Gasteiger partial charge in [-0.25, -0.2) is 4.79 Å². The summed E-state index contributed by atoms with van der Waals surface area (Å²) in [5, 5.41) is 22.6. The van der Waals surface area contributed by atoms with E-state index in [0.717, 1.165) is 24.9 Å². The van der Waals surface area contributed by atoms with E-state index in [4.69, 9.17) is 9.39 Å². The predicted molar refractivity (Wildman–Crippen MR) is 117 cm³/mol. The summed E-state index contributed by atoms with van der Waals surface area (Å²) < 4.78 is 10.9. The molecule has 0 saturated heterocycles. The van der Waals surface area contributed by atoms with E-state index in [2.05, 4.69) is 15.4 Å². The molecule has 1 atom stereocenters.